The maximum absolute atomic E-state index is 10.9. The number of phenols is 1. The number of hydrogen-bond donors (Lipinski definition) is 1. The van der Waals surface area contributed by atoms with Gasteiger partial charge < -0.3 is 9.84 Å². The van der Waals surface area contributed by atoms with Gasteiger partial charge in [-0.3, -0.25) is 9.59 Å². The number of benzene rings is 1. The lowest BCUT2D eigenvalue weighted by Gasteiger charge is -2.05. The molecular weight excluding hydrogens is 264 g/mol. The molecule has 1 aromatic carbocycles. The van der Waals surface area contributed by atoms with Crippen LogP contribution in [-0.4, -0.2) is 29.4 Å². The van der Waals surface area contributed by atoms with Gasteiger partial charge >= 0.3 is 0 Å². The third-order valence-electron chi connectivity index (χ3n) is 2.23. The van der Waals surface area contributed by atoms with E-state index in [1.54, 1.807) is 0 Å². The Hall–Kier alpha value is -1.93. The molecule has 1 aromatic rings. The van der Waals surface area contributed by atoms with E-state index in [1.165, 1.54) is 37.9 Å². The predicted octanol–water partition coefficient (Wildman–Crippen LogP) is 2.23. The lowest BCUT2D eigenvalue weighted by molar-refractivity contribution is -0.109. The van der Waals surface area contributed by atoms with Gasteiger partial charge in [0.05, 0.1) is 7.11 Å². The largest absolute Gasteiger partial charge is 0.504 e. The molecule has 0 atom stereocenters. The molecular formula is C14H14O4S. The molecule has 5 heteroatoms. The third-order valence-corrected chi connectivity index (χ3v) is 3.05. The van der Waals surface area contributed by atoms with Gasteiger partial charge in [-0.2, -0.15) is 0 Å². The summed E-state index contributed by atoms with van der Waals surface area (Å²) in [6.07, 6.45) is 1.18. The van der Waals surface area contributed by atoms with Gasteiger partial charge in [-0.05, 0) is 6.07 Å². The summed E-state index contributed by atoms with van der Waals surface area (Å²) in [5.74, 6) is 6.52. The fourth-order valence-corrected chi connectivity index (χ4v) is 1.85. The van der Waals surface area contributed by atoms with Crippen molar-refractivity contribution in [2.75, 3.05) is 12.9 Å². The first-order chi connectivity index (χ1) is 9.08. The van der Waals surface area contributed by atoms with Crippen molar-refractivity contribution in [3.8, 4) is 23.3 Å². The van der Waals surface area contributed by atoms with Gasteiger partial charge in [0.25, 0.3) is 0 Å². The monoisotopic (exact) mass is 278 g/mol. The average Bonchev–Trinajstić information content (AvgIpc) is 2.38. The Kier molecular flexibility index (Phi) is 5.97. The Morgan fingerprint density at radius 3 is 2.84 bits per heavy atom. The summed E-state index contributed by atoms with van der Waals surface area (Å²) in [6, 6.07) is 2.84. The molecule has 100 valence electrons. The second-order valence-corrected chi connectivity index (χ2v) is 4.89. The van der Waals surface area contributed by atoms with Gasteiger partial charge in [0.1, 0.15) is 0 Å². The number of phenolic OH excluding ortho intramolecular Hbond substituents is 1. The van der Waals surface area contributed by atoms with Crippen LogP contribution in [-0.2, 0) is 4.79 Å². The molecule has 0 saturated heterocycles. The van der Waals surface area contributed by atoms with E-state index in [2.05, 4.69) is 11.8 Å². The smallest absolute Gasteiger partial charge is 0.185 e. The van der Waals surface area contributed by atoms with Gasteiger partial charge in [-0.25, -0.2) is 0 Å². The van der Waals surface area contributed by atoms with E-state index in [0.717, 1.165) is 0 Å². The van der Waals surface area contributed by atoms with Crippen molar-refractivity contribution in [1.29, 1.82) is 0 Å². The number of thioether (sulfide) groups is 1. The molecule has 0 spiro atoms. The van der Waals surface area contributed by atoms with Crippen molar-refractivity contribution < 1.29 is 19.4 Å². The van der Waals surface area contributed by atoms with Crippen molar-refractivity contribution in [3.63, 3.8) is 0 Å². The molecule has 0 aliphatic rings. The van der Waals surface area contributed by atoms with Crippen LogP contribution in [0.15, 0.2) is 12.1 Å². The van der Waals surface area contributed by atoms with Gasteiger partial charge in [0.2, 0.25) is 0 Å². The first-order valence-corrected chi connectivity index (χ1v) is 6.55. The van der Waals surface area contributed by atoms with E-state index in [-0.39, 0.29) is 16.6 Å². The topological polar surface area (TPSA) is 63.6 Å². The molecule has 0 aliphatic carbocycles. The highest BCUT2D eigenvalue weighted by Gasteiger charge is 2.07. The number of rotatable bonds is 4. The minimum absolute atomic E-state index is 0.0571. The van der Waals surface area contributed by atoms with Crippen molar-refractivity contribution in [3.05, 3.63) is 23.3 Å². The summed E-state index contributed by atoms with van der Waals surface area (Å²) < 4.78 is 4.96. The minimum Gasteiger partial charge on any atom is -0.504 e. The van der Waals surface area contributed by atoms with E-state index in [4.69, 9.17) is 4.74 Å². The second-order valence-electron chi connectivity index (χ2n) is 3.62. The van der Waals surface area contributed by atoms with Gasteiger partial charge in [0, 0.05) is 36.3 Å². The number of carbonyl (C=O) groups excluding carboxylic acids is 2. The van der Waals surface area contributed by atoms with Crippen LogP contribution in [0.1, 0.15) is 29.3 Å². The highest BCUT2D eigenvalue weighted by atomic mass is 32.2. The Morgan fingerprint density at radius 1 is 1.53 bits per heavy atom. The summed E-state index contributed by atoms with van der Waals surface area (Å²) in [7, 11) is 1.43. The van der Waals surface area contributed by atoms with Crippen LogP contribution < -0.4 is 4.74 Å². The number of hydrogen-bond acceptors (Lipinski definition) is 5. The SMILES string of the molecule is COc1cc(C#CCCSC(C)=O)c(C=O)cc1O. The normalized spacial score (nSPS) is 9.37. The Balaban J connectivity index is 2.84. The van der Waals surface area contributed by atoms with Crippen LogP contribution in [0.2, 0.25) is 0 Å². The predicted molar refractivity (Wildman–Crippen MR) is 74.7 cm³/mol. The van der Waals surface area contributed by atoms with E-state index in [0.29, 0.717) is 29.6 Å². The molecule has 19 heavy (non-hydrogen) atoms. The van der Waals surface area contributed by atoms with E-state index >= 15 is 0 Å². The molecule has 1 rings (SSSR count). The molecule has 0 amide bonds. The van der Waals surface area contributed by atoms with Gasteiger partial charge in [0.15, 0.2) is 22.9 Å². The summed E-state index contributed by atoms with van der Waals surface area (Å²) >= 11 is 1.21. The number of aromatic hydroxyl groups is 1. The summed E-state index contributed by atoms with van der Waals surface area (Å²) in [6.45, 7) is 1.51. The highest BCUT2D eigenvalue weighted by molar-refractivity contribution is 8.13. The van der Waals surface area contributed by atoms with Gasteiger partial charge in [-0.15, -0.1) is 0 Å². The van der Waals surface area contributed by atoms with Crippen molar-refractivity contribution in [1.82, 2.24) is 0 Å². The molecule has 0 unspecified atom stereocenters. The molecule has 0 bridgehead atoms. The zero-order valence-electron chi connectivity index (χ0n) is 10.7. The average molecular weight is 278 g/mol. The first-order valence-electron chi connectivity index (χ1n) is 5.57. The first kappa shape index (κ1) is 15.1. The molecule has 0 saturated carbocycles. The number of carbonyl (C=O) groups is 2. The Bertz CT molecular complexity index is 540. The minimum atomic E-state index is -0.0951. The maximum atomic E-state index is 10.9. The molecule has 0 aromatic heterocycles. The number of ether oxygens (including phenoxy) is 1. The maximum Gasteiger partial charge on any atom is 0.185 e. The van der Waals surface area contributed by atoms with Crippen molar-refractivity contribution >= 4 is 23.2 Å². The quantitative estimate of drug-likeness (QED) is 0.520. The zero-order chi connectivity index (χ0) is 14.3. The highest BCUT2D eigenvalue weighted by Crippen LogP contribution is 2.28. The standard InChI is InChI=1S/C14H14O4S/c1-10(16)19-6-4-3-5-11-8-14(18-2)13(17)7-12(11)9-15/h7-9,17H,4,6H2,1-2H3. The summed E-state index contributed by atoms with van der Waals surface area (Å²) in [4.78, 5) is 21.6. The van der Waals surface area contributed by atoms with E-state index in [1.807, 2.05) is 0 Å². The lowest BCUT2D eigenvalue weighted by Crippen LogP contribution is -1.91. The van der Waals surface area contributed by atoms with Crippen LogP contribution in [0.5, 0.6) is 11.5 Å². The van der Waals surface area contributed by atoms with E-state index < -0.39 is 0 Å². The van der Waals surface area contributed by atoms with Gasteiger partial charge in [-0.1, -0.05) is 23.6 Å². The lowest BCUT2D eigenvalue weighted by atomic mass is 10.1. The number of aldehydes is 1. The van der Waals surface area contributed by atoms with Crippen LogP contribution in [0.4, 0.5) is 0 Å². The van der Waals surface area contributed by atoms with Crippen LogP contribution >= 0.6 is 11.8 Å². The third kappa shape index (κ3) is 4.68. The summed E-state index contributed by atoms with van der Waals surface area (Å²) in [5.41, 5.74) is 0.808. The Morgan fingerprint density at radius 2 is 2.26 bits per heavy atom. The fourth-order valence-electron chi connectivity index (χ4n) is 1.36. The molecule has 4 nitrogen and oxygen atoms in total. The van der Waals surface area contributed by atoms with Crippen molar-refractivity contribution in [2.45, 2.75) is 13.3 Å². The summed E-state index contributed by atoms with van der Waals surface area (Å²) in [5, 5.41) is 9.60. The molecule has 0 radical (unpaired) electrons. The van der Waals surface area contributed by atoms with Crippen LogP contribution in [0.3, 0.4) is 0 Å². The van der Waals surface area contributed by atoms with Crippen LogP contribution in [0, 0.1) is 11.8 Å². The van der Waals surface area contributed by atoms with Crippen molar-refractivity contribution in [2.24, 2.45) is 0 Å². The molecule has 0 heterocycles. The van der Waals surface area contributed by atoms with Crippen LogP contribution in [0.25, 0.3) is 0 Å². The zero-order valence-corrected chi connectivity index (χ0v) is 11.5. The molecule has 1 N–H and O–H groups in total. The second kappa shape index (κ2) is 7.49. The van der Waals surface area contributed by atoms with E-state index in [9.17, 15) is 14.7 Å². The molecule has 0 fully saturated rings. The molecule has 0 aliphatic heterocycles. The number of methoxy groups -OCH3 is 1. The Labute approximate surface area is 116 Å². The fraction of sp³-hybridized carbons (Fsp3) is 0.286.